The Morgan fingerprint density at radius 1 is 1.03 bits per heavy atom. The predicted molar refractivity (Wildman–Crippen MR) is 125 cm³/mol. The zero-order valence-corrected chi connectivity index (χ0v) is 19.6. The summed E-state index contributed by atoms with van der Waals surface area (Å²) in [5.74, 6) is -1.35. The number of nitrogens with one attached hydrogen (secondary N) is 4. The second-order valence-corrected chi connectivity index (χ2v) is 9.42. The van der Waals surface area contributed by atoms with Gasteiger partial charge in [0.05, 0.1) is 12.1 Å². The lowest BCUT2D eigenvalue weighted by Gasteiger charge is -2.46. The Morgan fingerprint density at radius 3 is 2.53 bits per heavy atom. The number of amides is 5. The van der Waals surface area contributed by atoms with Gasteiger partial charge in [0.25, 0.3) is 0 Å². The molecule has 2 heterocycles. The number of carbonyl (C=O) groups excluding carboxylic acids is 4. The number of hydrogen-bond donors (Lipinski definition) is 4. The molecular weight excluding hydrogens is 436 g/mol. The Balaban J connectivity index is 1.37. The van der Waals surface area contributed by atoms with Crippen LogP contribution in [0.15, 0.2) is 30.3 Å². The molecule has 1 aliphatic carbocycles. The minimum Gasteiger partial charge on any atom is -0.354 e. The molecule has 0 aromatic heterocycles. The van der Waals surface area contributed by atoms with Gasteiger partial charge in [-0.15, -0.1) is 0 Å². The summed E-state index contributed by atoms with van der Waals surface area (Å²) in [5, 5.41) is 5.70. The van der Waals surface area contributed by atoms with Crippen molar-refractivity contribution in [2.24, 2.45) is 5.92 Å². The van der Waals surface area contributed by atoms with Crippen molar-refractivity contribution in [3.63, 3.8) is 0 Å². The van der Waals surface area contributed by atoms with Crippen molar-refractivity contribution in [1.29, 1.82) is 0 Å². The molecule has 2 saturated heterocycles. The van der Waals surface area contributed by atoms with E-state index in [1.54, 1.807) is 0 Å². The van der Waals surface area contributed by atoms with E-state index in [-0.39, 0.29) is 55.0 Å². The molecule has 5 amide bonds. The van der Waals surface area contributed by atoms with E-state index in [1.807, 2.05) is 37.3 Å². The smallest absolute Gasteiger partial charge is 0.327 e. The predicted octanol–water partition coefficient (Wildman–Crippen LogP) is 0.497. The first-order valence-corrected chi connectivity index (χ1v) is 12.2. The molecule has 0 spiro atoms. The monoisotopic (exact) mass is 470 g/mol. The molecule has 1 aromatic carbocycles. The van der Waals surface area contributed by atoms with Crippen molar-refractivity contribution < 1.29 is 19.2 Å². The highest BCUT2D eigenvalue weighted by molar-refractivity contribution is 6.02. The van der Waals surface area contributed by atoms with E-state index in [1.165, 1.54) is 4.90 Å². The Hall–Kier alpha value is -2.98. The number of benzene rings is 1. The SMILES string of the molecule is CC1CC(NC(=O)CN2C(=O)N(CC(=O)NCCc3ccccc3)C(=O)C3CCCCC32)NN1. The molecule has 4 N–H and O–H groups in total. The van der Waals surface area contributed by atoms with Crippen LogP contribution in [0, 0.1) is 5.92 Å². The van der Waals surface area contributed by atoms with Crippen LogP contribution < -0.4 is 21.5 Å². The Kier molecular flexibility index (Phi) is 7.79. The van der Waals surface area contributed by atoms with Gasteiger partial charge < -0.3 is 15.5 Å². The summed E-state index contributed by atoms with van der Waals surface area (Å²) in [5.41, 5.74) is 7.16. The lowest BCUT2D eigenvalue weighted by Crippen LogP contribution is -2.65. The fourth-order valence-electron chi connectivity index (χ4n) is 5.09. The molecule has 4 unspecified atom stereocenters. The summed E-state index contributed by atoms with van der Waals surface area (Å²) < 4.78 is 0. The molecule has 0 bridgehead atoms. The van der Waals surface area contributed by atoms with Crippen molar-refractivity contribution in [3.8, 4) is 0 Å². The average molecular weight is 471 g/mol. The van der Waals surface area contributed by atoms with Crippen molar-refractivity contribution in [1.82, 2.24) is 31.3 Å². The summed E-state index contributed by atoms with van der Waals surface area (Å²) in [6.07, 6.45) is 4.34. The average Bonchev–Trinajstić information content (AvgIpc) is 3.24. The quantitative estimate of drug-likeness (QED) is 0.439. The lowest BCUT2D eigenvalue weighted by molar-refractivity contribution is -0.144. The molecule has 1 aromatic rings. The summed E-state index contributed by atoms with van der Waals surface area (Å²) in [6, 6.07) is 9.14. The number of carbonyl (C=O) groups is 4. The summed E-state index contributed by atoms with van der Waals surface area (Å²) in [7, 11) is 0. The van der Waals surface area contributed by atoms with Gasteiger partial charge in [0.1, 0.15) is 13.1 Å². The van der Waals surface area contributed by atoms with Crippen LogP contribution in [0.2, 0.25) is 0 Å². The highest BCUT2D eigenvalue weighted by Gasteiger charge is 2.48. The molecule has 3 aliphatic rings. The van der Waals surface area contributed by atoms with Crippen molar-refractivity contribution in [3.05, 3.63) is 35.9 Å². The number of hydrogen-bond acceptors (Lipinski definition) is 6. The maximum absolute atomic E-state index is 13.3. The first-order chi connectivity index (χ1) is 16.4. The van der Waals surface area contributed by atoms with Gasteiger partial charge >= 0.3 is 6.03 Å². The number of imide groups is 1. The minimum absolute atomic E-state index is 0.133. The van der Waals surface area contributed by atoms with Crippen LogP contribution in [0.1, 0.15) is 44.6 Å². The van der Waals surface area contributed by atoms with Crippen LogP contribution in [0.25, 0.3) is 0 Å². The lowest BCUT2D eigenvalue weighted by atomic mass is 9.81. The maximum atomic E-state index is 13.3. The second kappa shape index (κ2) is 11.0. The molecule has 34 heavy (non-hydrogen) atoms. The van der Waals surface area contributed by atoms with E-state index < -0.39 is 6.03 Å². The third kappa shape index (κ3) is 5.74. The van der Waals surface area contributed by atoms with Gasteiger partial charge in [-0.25, -0.2) is 10.2 Å². The molecule has 10 nitrogen and oxygen atoms in total. The van der Waals surface area contributed by atoms with Crippen molar-refractivity contribution in [2.75, 3.05) is 19.6 Å². The number of hydrazine groups is 1. The number of rotatable bonds is 8. The molecule has 4 rings (SSSR count). The number of fused-ring (bicyclic) bond motifs is 1. The Morgan fingerprint density at radius 2 is 1.79 bits per heavy atom. The van der Waals surface area contributed by atoms with E-state index in [4.69, 9.17) is 0 Å². The number of nitrogens with zero attached hydrogens (tertiary/aromatic N) is 2. The zero-order chi connectivity index (χ0) is 24.1. The summed E-state index contributed by atoms with van der Waals surface area (Å²) in [6.45, 7) is 1.96. The molecule has 2 aliphatic heterocycles. The van der Waals surface area contributed by atoms with Gasteiger partial charge in [0.2, 0.25) is 17.7 Å². The Bertz CT molecular complexity index is 910. The molecule has 10 heteroatoms. The standard InChI is InChI=1S/C24H34N6O4/c1-16-13-20(28-27-16)26-22(32)15-29-19-10-6-5-9-18(19)23(33)30(24(29)34)14-21(31)25-12-11-17-7-3-2-4-8-17/h2-4,7-8,16,18-20,27-28H,5-6,9-15H2,1H3,(H,25,31)(H,26,32). The van der Waals surface area contributed by atoms with Crippen LogP contribution >= 0.6 is 0 Å². The molecule has 184 valence electrons. The molecule has 4 atom stereocenters. The summed E-state index contributed by atoms with van der Waals surface area (Å²) in [4.78, 5) is 54.2. The molecule has 3 fully saturated rings. The van der Waals surface area contributed by atoms with Crippen LogP contribution in [0.5, 0.6) is 0 Å². The first kappa shape index (κ1) is 24.2. The third-order valence-corrected chi connectivity index (χ3v) is 6.81. The minimum atomic E-state index is -0.563. The van der Waals surface area contributed by atoms with Gasteiger partial charge in [0, 0.05) is 18.6 Å². The second-order valence-electron chi connectivity index (χ2n) is 9.42. The van der Waals surface area contributed by atoms with E-state index >= 15 is 0 Å². The van der Waals surface area contributed by atoms with Crippen LogP contribution in [-0.2, 0) is 20.8 Å². The first-order valence-electron chi connectivity index (χ1n) is 12.2. The summed E-state index contributed by atoms with van der Waals surface area (Å²) >= 11 is 0. The Labute approximate surface area is 199 Å². The van der Waals surface area contributed by atoms with Gasteiger partial charge in [-0.1, -0.05) is 43.2 Å². The zero-order valence-electron chi connectivity index (χ0n) is 19.6. The van der Waals surface area contributed by atoms with Gasteiger partial charge in [-0.2, -0.15) is 0 Å². The largest absolute Gasteiger partial charge is 0.354 e. The van der Waals surface area contributed by atoms with Crippen LogP contribution in [0.3, 0.4) is 0 Å². The van der Waals surface area contributed by atoms with Gasteiger partial charge in [-0.05, 0) is 38.2 Å². The van der Waals surface area contributed by atoms with Gasteiger partial charge in [-0.3, -0.25) is 24.7 Å². The third-order valence-electron chi connectivity index (χ3n) is 6.81. The fourth-order valence-corrected chi connectivity index (χ4v) is 5.09. The van der Waals surface area contributed by atoms with E-state index in [2.05, 4.69) is 21.5 Å². The van der Waals surface area contributed by atoms with E-state index in [0.29, 0.717) is 25.8 Å². The molecular formula is C24H34N6O4. The van der Waals surface area contributed by atoms with E-state index in [9.17, 15) is 19.2 Å². The highest BCUT2D eigenvalue weighted by atomic mass is 16.2. The molecule has 1 saturated carbocycles. The topological polar surface area (TPSA) is 123 Å². The molecule has 0 radical (unpaired) electrons. The van der Waals surface area contributed by atoms with Gasteiger partial charge in [0.15, 0.2) is 0 Å². The van der Waals surface area contributed by atoms with E-state index in [0.717, 1.165) is 29.7 Å². The normalized spacial score (nSPS) is 26.9. The van der Waals surface area contributed by atoms with Crippen LogP contribution in [-0.4, -0.2) is 71.4 Å². The fraction of sp³-hybridized carbons (Fsp3) is 0.583. The highest BCUT2D eigenvalue weighted by Crippen LogP contribution is 2.34. The maximum Gasteiger partial charge on any atom is 0.327 e. The number of urea groups is 1. The van der Waals surface area contributed by atoms with Crippen molar-refractivity contribution >= 4 is 23.8 Å². The van der Waals surface area contributed by atoms with Crippen molar-refractivity contribution in [2.45, 2.75) is 63.7 Å². The van der Waals surface area contributed by atoms with Crippen LogP contribution in [0.4, 0.5) is 4.79 Å².